The number of hydrogen-bond acceptors (Lipinski definition) is 6. The third-order valence-corrected chi connectivity index (χ3v) is 0.385. The fourth-order valence-electron chi connectivity index (χ4n) is 0. The van der Waals surface area contributed by atoms with Crippen LogP contribution in [0.2, 0.25) is 0 Å². The van der Waals surface area contributed by atoms with Gasteiger partial charge in [-0.3, -0.25) is 0 Å². The van der Waals surface area contributed by atoms with Crippen LogP contribution in [0.4, 0.5) is 0 Å². The molecule has 62 valence electrons. The normalized spacial score (nSPS) is 5.82. The van der Waals surface area contributed by atoms with Gasteiger partial charge in [-0.15, -0.1) is 0 Å². The topological polar surface area (TPSA) is 156 Å². The second kappa shape index (κ2) is 12.0. The van der Waals surface area contributed by atoms with E-state index in [1.807, 2.05) is 0 Å². The van der Waals surface area contributed by atoms with Crippen LogP contribution in [0.3, 0.4) is 0 Å². The van der Waals surface area contributed by atoms with Crippen LogP contribution < -0.4 is 64.0 Å². The standard InChI is InChI=1S/2C2H7N3.Na.H/c2*3-1-2(4)5;;/h2*1H,3-5H2;;/q;;+1;-1. The molecule has 0 unspecified atom stereocenters. The Morgan fingerprint density at radius 1 is 0.818 bits per heavy atom. The minimum Gasteiger partial charge on any atom is -1.00 e. The molecule has 0 rings (SSSR count). The summed E-state index contributed by atoms with van der Waals surface area (Å²) in [7, 11) is 0. The minimum absolute atomic E-state index is 0. The summed E-state index contributed by atoms with van der Waals surface area (Å²) < 4.78 is 0. The average Bonchev–Trinajstić information content (AvgIpc) is 1.89. The van der Waals surface area contributed by atoms with Crippen molar-refractivity contribution >= 4 is 0 Å². The fraction of sp³-hybridized carbons (Fsp3) is 0. The molecule has 0 aliphatic heterocycles. The molecule has 0 radical (unpaired) electrons. The quantitative estimate of drug-likeness (QED) is 0.199. The van der Waals surface area contributed by atoms with Crippen molar-refractivity contribution in [3.8, 4) is 0 Å². The van der Waals surface area contributed by atoms with Gasteiger partial charge in [0, 0.05) is 12.4 Å². The van der Waals surface area contributed by atoms with Crippen molar-refractivity contribution in [1.82, 2.24) is 0 Å². The molecule has 0 aromatic rings. The Hall–Kier alpha value is -0.720. The maximum atomic E-state index is 4.81. The van der Waals surface area contributed by atoms with E-state index in [4.69, 9.17) is 34.4 Å². The summed E-state index contributed by atoms with van der Waals surface area (Å²) in [5.41, 5.74) is 28.7. The van der Waals surface area contributed by atoms with E-state index in [1.165, 1.54) is 0 Å². The molecule has 0 aliphatic rings. The summed E-state index contributed by atoms with van der Waals surface area (Å²) in [5, 5.41) is 0. The third-order valence-electron chi connectivity index (χ3n) is 0.385. The van der Waals surface area contributed by atoms with Gasteiger partial charge in [-0.1, -0.05) is 0 Å². The second-order valence-corrected chi connectivity index (χ2v) is 1.33. The third kappa shape index (κ3) is 45.7. The Morgan fingerprint density at radius 3 is 0.909 bits per heavy atom. The molecule has 0 amide bonds. The molecule has 6 nitrogen and oxygen atoms in total. The maximum Gasteiger partial charge on any atom is 1.00 e. The van der Waals surface area contributed by atoms with Crippen molar-refractivity contribution in [3.05, 3.63) is 24.0 Å². The Bertz CT molecular complexity index is 112. The van der Waals surface area contributed by atoms with E-state index in [2.05, 4.69) is 0 Å². The molecule has 7 heteroatoms. The number of hydrogen-bond donors (Lipinski definition) is 6. The second-order valence-electron chi connectivity index (χ2n) is 1.33. The van der Waals surface area contributed by atoms with Crippen LogP contribution in [-0.2, 0) is 0 Å². The summed E-state index contributed by atoms with van der Waals surface area (Å²) in [4.78, 5) is 0. The van der Waals surface area contributed by atoms with E-state index in [9.17, 15) is 0 Å². The molecule has 0 aromatic carbocycles. The van der Waals surface area contributed by atoms with E-state index < -0.39 is 0 Å². The fourth-order valence-corrected chi connectivity index (χ4v) is 0. The number of nitrogens with two attached hydrogens (primary N) is 6. The van der Waals surface area contributed by atoms with Crippen molar-refractivity contribution in [2.45, 2.75) is 0 Å². The Balaban J connectivity index is -0.0000000457. The van der Waals surface area contributed by atoms with Crippen LogP contribution in [-0.4, -0.2) is 0 Å². The van der Waals surface area contributed by atoms with Crippen LogP contribution in [0.15, 0.2) is 24.0 Å². The minimum atomic E-state index is 0. The molecule has 0 aliphatic carbocycles. The molecule has 0 aromatic heterocycles. The van der Waals surface area contributed by atoms with E-state index in [-0.39, 0.29) is 42.6 Å². The summed E-state index contributed by atoms with van der Waals surface area (Å²) >= 11 is 0. The molecule has 12 N–H and O–H groups in total. The first-order valence-corrected chi connectivity index (χ1v) is 2.40. The maximum absolute atomic E-state index is 4.81. The van der Waals surface area contributed by atoms with E-state index >= 15 is 0 Å². The molecular formula is C4H15N6Na. The van der Waals surface area contributed by atoms with E-state index in [0.717, 1.165) is 12.4 Å². The van der Waals surface area contributed by atoms with Crippen LogP contribution in [0.5, 0.6) is 0 Å². The average molecular weight is 170 g/mol. The Kier molecular flexibility index (Phi) is 18.2. The van der Waals surface area contributed by atoms with Gasteiger partial charge >= 0.3 is 29.6 Å². The van der Waals surface area contributed by atoms with Gasteiger partial charge in [-0.05, 0) is 0 Å². The predicted molar refractivity (Wildman–Crippen MR) is 42.4 cm³/mol. The molecule has 11 heavy (non-hydrogen) atoms. The number of rotatable bonds is 0. The van der Waals surface area contributed by atoms with E-state index in [1.54, 1.807) is 0 Å². The molecule has 0 saturated carbocycles. The molecule has 0 heterocycles. The zero-order valence-corrected chi connectivity index (χ0v) is 8.62. The summed E-state index contributed by atoms with van der Waals surface area (Å²) in [6.07, 6.45) is 2.28. The molecule has 0 atom stereocenters. The molecule has 0 spiro atoms. The van der Waals surface area contributed by atoms with Crippen molar-refractivity contribution in [1.29, 1.82) is 0 Å². The van der Waals surface area contributed by atoms with Gasteiger partial charge in [-0.25, -0.2) is 0 Å². The summed E-state index contributed by atoms with van der Waals surface area (Å²) in [6, 6.07) is 0. The van der Waals surface area contributed by atoms with Crippen LogP contribution in [0, 0.1) is 0 Å². The molecular weight excluding hydrogens is 155 g/mol. The van der Waals surface area contributed by atoms with Crippen molar-refractivity contribution < 1.29 is 31.0 Å². The first kappa shape index (κ1) is 16.7. The van der Waals surface area contributed by atoms with Crippen LogP contribution in [0.25, 0.3) is 0 Å². The zero-order chi connectivity index (χ0) is 8.57. The van der Waals surface area contributed by atoms with Gasteiger partial charge < -0.3 is 35.8 Å². The predicted octanol–water partition coefficient (Wildman–Crippen LogP) is -5.56. The van der Waals surface area contributed by atoms with Crippen molar-refractivity contribution in [2.24, 2.45) is 34.4 Å². The van der Waals surface area contributed by atoms with Gasteiger partial charge in [0.25, 0.3) is 0 Å². The SMILES string of the molecule is NC=C(N)N.NC=C(N)N.[H-].[Na+]. The van der Waals surface area contributed by atoms with Gasteiger partial charge in [0.2, 0.25) is 0 Å². The van der Waals surface area contributed by atoms with Gasteiger partial charge in [-0.2, -0.15) is 0 Å². The van der Waals surface area contributed by atoms with Crippen molar-refractivity contribution in [3.63, 3.8) is 0 Å². The first-order valence-electron chi connectivity index (χ1n) is 2.40. The Morgan fingerprint density at radius 2 is 0.909 bits per heavy atom. The molecule has 0 fully saturated rings. The van der Waals surface area contributed by atoms with Crippen molar-refractivity contribution in [2.75, 3.05) is 0 Å². The van der Waals surface area contributed by atoms with E-state index in [0.29, 0.717) is 0 Å². The van der Waals surface area contributed by atoms with Gasteiger partial charge in [0.1, 0.15) is 11.6 Å². The molecule has 0 bridgehead atoms. The largest absolute Gasteiger partial charge is 1.00 e. The van der Waals surface area contributed by atoms with Gasteiger partial charge in [0.15, 0.2) is 0 Å². The zero-order valence-electron chi connectivity index (χ0n) is 7.62. The first-order chi connectivity index (χ1) is 4.54. The van der Waals surface area contributed by atoms with Crippen LogP contribution >= 0.6 is 0 Å². The van der Waals surface area contributed by atoms with Crippen LogP contribution in [0.1, 0.15) is 1.43 Å². The summed E-state index contributed by atoms with van der Waals surface area (Å²) in [6.45, 7) is 0. The Labute approximate surface area is 89.4 Å². The van der Waals surface area contributed by atoms with Gasteiger partial charge in [0.05, 0.1) is 0 Å². The monoisotopic (exact) mass is 170 g/mol. The smallest absolute Gasteiger partial charge is 1.00 e. The summed E-state index contributed by atoms with van der Waals surface area (Å²) in [5.74, 6) is 0.315. The molecule has 0 saturated heterocycles.